The zero-order valence-electron chi connectivity index (χ0n) is 17.8. The van der Waals surface area contributed by atoms with Crippen LogP contribution in [0.1, 0.15) is 27.6 Å². The predicted octanol–water partition coefficient (Wildman–Crippen LogP) is 1.05. The van der Waals surface area contributed by atoms with Gasteiger partial charge in [-0.05, 0) is 31.2 Å². The van der Waals surface area contributed by atoms with Crippen LogP contribution in [-0.2, 0) is 11.8 Å². The molecular formula is C21H27N5O4. The highest BCUT2D eigenvalue weighted by Crippen LogP contribution is 2.19. The number of hydrogen-bond donors (Lipinski definition) is 0. The number of aryl methyl sites for hydroxylation is 1. The van der Waals surface area contributed by atoms with Crippen LogP contribution >= 0.6 is 0 Å². The molecule has 2 aromatic rings. The maximum absolute atomic E-state index is 12.7. The fourth-order valence-corrected chi connectivity index (χ4v) is 3.47. The lowest BCUT2D eigenvalue weighted by Crippen LogP contribution is -2.51. The fraction of sp³-hybridized carbons (Fsp3) is 0.429. The Kier molecular flexibility index (Phi) is 6.39. The van der Waals surface area contributed by atoms with Gasteiger partial charge in [0.2, 0.25) is 11.8 Å². The molecule has 9 nitrogen and oxygen atoms in total. The summed E-state index contributed by atoms with van der Waals surface area (Å²) in [6.07, 6.45) is 1.58. The van der Waals surface area contributed by atoms with E-state index in [1.807, 2.05) is 24.3 Å². The van der Waals surface area contributed by atoms with E-state index in [1.165, 1.54) is 16.7 Å². The molecular weight excluding hydrogens is 386 g/mol. The highest BCUT2D eigenvalue weighted by atomic mass is 16.5. The van der Waals surface area contributed by atoms with E-state index >= 15 is 0 Å². The number of likely N-dealkylation sites (N-methyl/N-ethyl adjacent to an activating group) is 1. The number of Topliss-reactive ketones (excluding diaryl/α,β-unsaturated/α-hetero) is 1. The smallest absolute Gasteiger partial charge is 0.261 e. The summed E-state index contributed by atoms with van der Waals surface area (Å²) in [7, 11) is 4.76. The van der Waals surface area contributed by atoms with Crippen molar-refractivity contribution in [2.75, 3.05) is 51.8 Å². The van der Waals surface area contributed by atoms with E-state index in [0.717, 1.165) is 5.69 Å². The molecule has 2 heterocycles. The van der Waals surface area contributed by atoms with Crippen LogP contribution in [0.5, 0.6) is 5.88 Å². The summed E-state index contributed by atoms with van der Waals surface area (Å²) in [5, 5.41) is 4.08. The van der Waals surface area contributed by atoms with Gasteiger partial charge in [-0.1, -0.05) is 0 Å². The van der Waals surface area contributed by atoms with Gasteiger partial charge in [0.05, 0.1) is 13.7 Å². The highest BCUT2D eigenvalue weighted by Gasteiger charge is 2.26. The molecule has 3 rings (SSSR count). The molecule has 0 atom stereocenters. The van der Waals surface area contributed by atoms with Gasteiger partial charge >= 0.3 is 0 Å². The Morgan fingerprint density at radius 3 is 2.30 bits per heavy atom. The van der Waals surface area contributed by atoms with Gasteiger partial charge in [0, 0.05) is 57.7 Å². The second kappa shape index (κ2) is 8.98. The predicted molar refractivity (Wildman–Crippen MR) is 112 cm³/mol. The third-order valence-electron chi connectivity index (χ3n) is 5.21. The molecule has 1 aromatic heterocycles. The number of ether oxygens (including phenoxy) is 1. The maximum atomic E-state index is 12.7. The molecule has 0 radical (unpaired) electrons. The first-order chi connectivity index (χ1) is 14.3. The van der Waals surface area contributed by atoms with Gasteiger partial charge in [-0.2, -0.15) is 0 Å². The van der Waals surface area contributed by atoms with Crippen LogP contribution in [0.2, 0.25) is 0 Å². The van der Waals surface area contributed by atoms with Crippen LogP contribution in [0, 0.1) is 0 Å². The molecule has 1 fully saturated rings. The molecule has 160 valence electrons. The number of hydrogen-bond acceptors (Lipinski definition) is 6. The van der Waals surface area contributed by atoms with Gasteiger partial charge < -0.3 is 19.4 Å². The number of piperazine rings is 1. The molecule has 0 spiro atoms. The fourth-order valence-electron chi connectivity index (χ4n) is 3.47. The standard InChI is InChI=1S/C21H27N5O4/c1-15(27)16-5-7-17(8-6-16)25-9-11-26(12-10-25)19(28)14-23(2)21(29)18-13-24(3)22-20(18)30-4/h5-8,13H,9-12,14H2,1-4H3. The highest BCUT2D eigenvalue weighted by molar-refractivity contribution is 5.98. The molecule has 1 saturated heterocycles. The SMILES string of the molecule is COc1nn(C)cc1C(=O)N(C)CC(=O)N1CCN(c2ccc(C(C)=O)cc2)CC1. The number of anilines is 1. The second-order valence-corrected chi connectivity index (χ2v) is 7.36. The number of ketones is 1. The van der Waals surface area contributed by atoms with Gasteiger partial charge in [-0.15, -0.1) is 5.10 Å². The minimum Gasteiger partial charge on any atom is -0.479 e. The Labute approximate surface area is 175 Å². The molecule has 1 aliphatic heterocycles. The quantitative estimate of drug-likeness (QED) is 0.658. The lowest BCUT2D eigenvalue weighted by Gasteiger charge is -2.36. The maximum Gasteiger partial charge on any atom is 0.261 e. The van der Waals surface area contributed by atoms with Crippen LogP contribution in [0.4, 0.5) is 5.69 Å². The van der Waals surface area contributed by atoms with Crippen molar-refractivity contribution in [1.29, 1.82) is 0 Å². The van der Waals surface area contributed by atoms with Crippen LogP contribution in [0.3, 0.4) is 0 Å². The third-order valence-corrected chi connectivity index (χ3v) is 5.21. The molecule has 1 aromatic carbocycles. The van der Waals surface area contributed by atoms with Gasteiger partial charge in [-0.3, -0.25) is 19.1 Å². The van der Waals surface area contributed by atoms with Gasteiger partial charge in [-0.25, -0.2) is 0 Å². The number of methoxy groups -OCH3 is 1. The van der Waals surface area contributed by atoms with E-state index in [4.69, 9.17) is 4.74 Å². The minimum atomic E-state index is -0.308. The van der Waals surface area contributed by atoms with Gasteiger partial charge in [0.1, 0.15) is 5.56 Å². The second-order valence-electron chi connectivity index (χ2n) is 7.36. The van der Waals surface area contributed by atoms with Crippen molar-refractivity contribution < 1.29 is 19.1 Å². The van der Waals surface area contributed by atoms with E-state index in [-0.39, 0.29) is 30.0 Å². The Morgan fingerprint density at radius 2 is 1.73 bits per heavy atom. The van der Waals surface area contributed by atoms with Gasteiger partial charge in [0.25, 0.3) is 5.91 Å². The summed E-state index contributed by atoms with van der Waals surface area (Å²) in [4.78, 5) is 42.1. The van der Waals surface area contributed by atoms with E-state index in [9.17, 15) is 14.4 Å². The van der Waals surface area contributed by atoms with Crippen molar-refractivity contribution in [3.63, 3.8) is 0 Å². The number of nitrogens with zero attached hydrogens (tertiary/aromatic N) is 5. The molecule has 0 saturated carbocycles. The van der Waals surface area contributed by atoms with E-state index in [2.05, 4.69) is 10.00 Å². The topological polar surface area (TPSA) is 88.0 Å². The Balaban J connectivity index is 1.54. The molecule has 0 N–H and O–H groups in total. The number of aromatic nitrogens is 2. The summed E-state index contributed by atoms with van der Waals surface area (Å²) in [6, 6.07) is 7.51. The van der Waals surface area contributed by atoms with Crippen LogP contribution in [0.25, 0.3) is 0 Å². The van der Waals surface area contributed by atoms with Crippen molar-refractivity contribution in [2.45, 2.75) is 6.92 Å². The molecule has 30 heavy (non-hydrogen) atoms. The number of benzene rings is 1. The lowest BCUT2D eigenvalue weighted by molar-refractivity contribution is -0.131. The summed E-state index contributed by atoms with van der Waals surface area (Å²) >= 11 is 0. The summed E-state index contributed by atoms with van der Waals surface area (Å²) < 4.78 is 6.64. The average Bonchev–Trinajstić information content (AvgIpc) is 3.14. The van der Waals surface area contributed by atoms with Crippen LogP contribution in [-0.4, -0.2) is 84.1 Å². The normalized spacial score (nSPS) is 13.9. The minimum absolute atomic E-state index is 0.00973. The molecule has 0 unspecified atom stereocenters. The van der Waals surface area contributed by atoms with E-state index in [0.29, 0.717) is 37.3 Å². The van der Waals surface area contributed by atoms with Gasteiger partial charge in [0.15, 0.2) is 5.78 Å². The average molecular weight is 413 g/mol. The van der Waals surface area contributed by atoms with Crippen LogP contribution < -0.4 is 9.64 Å². The van der Waals surface area contributed by atoms with Crippen molar-refractivity contribution >= 4 is 23.3 Å². The first-order valence-corrected chi connectivity index (χ1v) is 9.77. The lowest BCUT2D eigenvalue weighted by atomic mass is 10.1. The van der Waals surface area contributed by atoms with E-state index in [1.54, 1.807) is 32.1 Å². The Morgan fingerprint density at radius 1 is 1.10 bits per heavy atom. The number of rotatable bonds is 6. The zero-order chi connectivity index (χ0) is 21.8. The number of carbonyl (C=O) groups excluding carboxylic acids is 3. The summed E-state index contributed by atoms with van der Waals surface area (Å²) in [5.41, 5.74) is 2.04. The molecule has 1 aliphatic rings. The first kappa shape index (κ1) is 21.4. The first-order valence-electron chi connectivity index (χ1n) is 9.77. The van der Waals surface area contributed by atoms with Crippen molar-refractivity contribution in [2.24, 2.45) is 7.05 Å². The largest absolute Gasteiger partial charge is 0.479 e. The Hall–Kier alpha value is -3.36. The molecule has 2 amide bonds. The van der Waals surface area contributed by atoms with Crippen molar-refractivity contribution in [3.05, 3.63) is 41.6 Å². The molecule has 0 bridgehead atoms. The summed E-state index contributed by atoms with van der Waals surface area (Å²) in [6.45, 7) is 4.07. The number of carbonyl (C=O) groups is 3. The van der Waals surface area contributed by atoms with Crippen LogP contribution in [0.15, 0.2) is 30.5 Å². The monoisotopic (exact) mass is 413 g/mol. The summed E-state index contributed by atoms with van der Waals surface area (Å²) in [5.74, 6) is -0.122. The van der Waals surface area contributed by atoms with E-state index < -0.39 is 0 Å². The molecule has 9 heteroatoms. The zero-order valence-corrected chi connectivity index (χ0v) is 17.8. The number of amides is 2. The molecule has 0 aliphatic carbocycles. The van der Waals surface area contributed by atoms with Crippen molar-refractivity contribution in [1.82, 2.24) is 19.6 Å². The van der Waals surface area contributed by atoms with Crippen molar-refractivity contribution in [3.8, 4) is 5.88 Å². The third kappa shape index (κ3) is 4.61. The Bertz CT molecular complexity index is 929.